The molecule has 4 aromatic heterocycles. The summed E-state index contributed by atoms with van der Waals surface area (Å²) in [6.07, 6.45) is 5.23. The van der Waals surface area contributed by atoms with Crippen LogP contribution in [-0.4, -0.2) is 60.0 Å². The highest BCUT2D eigenvalue weighted by atomic mass is 35.5. The number of methoxy groups -OCH3 is 1. The van der Waals surface area contributed by atoms with Gasteiger partial charge in [0.05, 0.1) is 42.7 Å². The van der Waals surface area contributed by atoms with E-state index in [2.05, 4.69) is 20.4 Å². The molecular formula is C26H28ClN7O3. The van der Waals surface area contributed by atoms with Crippen molar-refractivity contribution >= 4 is 29.1 Å². The van der Waals surface area contributed by atoms with Crippen molar-refractivity contribution in [3.05, 3.63) is 76.6 Å². The summed E-state index contributed by atoms with van der Waals surface area (Å²) in [5, 5.41) is 17.7. The van der Waals surface area contributed by atoms with E-state index in [1.807, 2.05) is 55.1 Å². The van der Waals surface area contributed by atoms with Crippen molar-refractivity contribution in [2.75, 3.05) is 19.0 Å². The number of amides is 1. The zero-order chi connectivity index (χ0) is 26.1. The van der Waals surface area contributed by atoms with Gasteiger partial charge in [-0.15, -0.1) is 0 Å². The van der Waals surface area contributed by atoms with E-state index in [0.717, 1.165) is 22.6 Å². The molecule has 0 spiro atoms. The molecule has 0 fully saturated rings. The third-order valence-electron chi connectivity index (χ3n) is 6.53. The number of aromatic nitrogens is 5. The molecule has 11 heteroatoms. The van der Waals surface area contributed by atoms with Gasteiger partial charge in [0.2, 0.25) is 0 Å². The van der Waals surface area contributed by atoms with Crippen LogP contribution in [0.5, 0.6) is 0 Å². The van der Waals surface area contributed by atoms with Crippen LogP contribution >= 0.6 is 11.6 Å². The van der Waals surface area contributed by atoms with E-state index in [4.69, 9.17) is 16.3 Å². The van der Waals surface area contributed by atoms with Crippen LogP contribution in [0.4, 0.5) is 11.6 Å². The summed E-state index contributed by atoms with van der Waals surface area (Å²) in [6.45, 7) is 2.95. The third-order valence-corrected chi connectivity index (χ3v) is 6.83. The lowest BCUT2D eigenvalue weighted by Crippen LogP contribution is -2.49. The van der Waals surface area contributed by atoms with Crippen LogP contribution in [-0.2, 0) is 31.5 Å². The SMILES string of the molecule is COC[C@H]1Cn2cc(-c3cc(Nc4ccnn4C)ncc3Cl)cc2C(=O)N1Cc1nc(C)ccc1CO. The number of ether oxygens (including phenoxy) is 1. The van der Waals surface area contributed by atoms with Gasteiger partial charge in [0.15, 0.2) is 0 Å². The normalized spacial score (nSPS) is 15.2. The van der Waals surface area contributed by atoms with Gasteiger partial charge in [-0.2, -0.15) is 5.10 Å². The molecule has 0 saturated carbocycles. The van der Waals surface area contributed by atoms with E-state index in [-0.39, 0.29) is 25.1 Å². The predicted molar refractivity (Wildman–Crippen MR) is 140 cm³/mol. The van der Waals surface area contributed by atoms with Gasteiger partial charge in [0.25, 0.3) is 5.91 Å². The molecule has 1 amide bonds. The molecule has 0 radical (unpaired) electrons. The highest BCUT2D eigenvalue weighted by Crippen LogP contribution is 2.34. The second kappa shape index (κ2) is 10.3. The number of halogens is 1. The van der Waals surface area contributed by atoms with Gasteiger partial charge in [0, 0.05) is 61.5 Å². The summed E-state index contributed by atoms with van der Waals surface area (Å²) in [5.74, 6) is 1.27. The Labute approximate surface area is 219 Å². The number of aliphatic hydroxyl groups excluding tert-OH is 1. The predicted octanol–water partition coefficient (Wildman–Crippen LogP) is 3.55. The van der Waals surface area contributed by atoms with Gasteiger partial charge >= 0.3 is 0 Å². The summed E-state index contributed by atoms with van der Waals surface area (Å²) < 4.78 is 9.11. The van der Waals surface area contributed by atoms with Gasteiger partial charge in [0.1, 0.15) is 17.3 Å². The maximum Gasteiger partial charge on any atom is 0.271 e. The van der Waals surface area contributed by atoms with Crippen molar-refractivity contribution in [3.8, 4) is 11.1 Å². The zero-order valence-electron chi connectivity index (χ0n) is 20.8. The number of carbonyl (C=O) groups excluding carboxylic acids is 1. The molecule has 4 aromatic rings. The van der Waals surface area contributed by atoms with E-state index in [1.54, 1.807) is 29.1 Å². The Kier molecular flexibility index (Phi) is 6.96. The Morgan fingerprint density at radius 3 is 2.84 bits per heavy atom. The Balaban J connectivity index is 1.47. The van der Waals surface area contributed by atoms with Crippen LogP contribution in [0.25, 0.3) is 11.1 Å². The zero-order valence-corrected chi connectivity index (χ0v) is 21.6. The molecule has 1 atom stereocenters. The molecule has 192 valence electrons. The summed E-state index contributed by atoms with van der Waals surface area (Å²) in [5.41, 5.74) is 4.33. The Morgan fingerprint density at radius 2 is 2.11 bits per heavy atom. The maximum absolute atomic E-state index is 13.7. The average Bonchev–Trinajstić information content (AvgIpc) is 3.49. The van der Waals surface area contributed by atoms with Crippen LogP contribution in [0.2, 0.25) is 5.02 Å². The number of fused-ring (bicyclic) bond motifs is 1. The van der Waals surface area contributed by atoms with E-state index in [1.165, 1.54) is 0 Å². The molecule has 1 aliphatic heterocycles. The molecule has 0 saturated heterocycles. The van der Waals surface area contributed by atoms with E-state index in [9.17, 15) is 9.90 Å². The summed E-state index contributed by atoms with van der Waals surface area (Å²) in [4.78, 5) is 24.5. The Bertz CT molecular complexity index is 1450. The van der Waals surface area contributed by atoms with Crippen molar-refractivity contribution in [1.82, 2.24) is 29.2 Å². The van der Waals surface area contributed by atoms with Crippen LogP contribution in [0.1, 0.15) is 27.4 Å². The van der Waals surface area contributed by atoms with E-state index < -0.39 is 0 Å². The van der Waals surface area contributed by atoms with Crippen LogP contribution < -0.4 is 5.32 Å². The number of anilines is 2. The lowest BCUT2D eigenvalue weighted by atomic mass is 10.1. The number of nitrogens with zero attached hydrogens (tertiary/aromatic N) is 6. The van der Waals surface area contributed by atoms with Crippen molar-refractivity contribution in [2.24, 2.45) is 7.05 Å². The monoisotopic (exact) mass is 521 g/mol. The fourth-order valence-electron chi connectivity index (χ4n) is 4.60. The van der Waals surface area contributed by atoms with E-state index >= 15 is 0 Å². The quantitative estimate of drug-likeness (QED) is 0.365. The van der Waals surface area contributed by atoms with Crippen molar-refractivity contribution < 1.29 is 14.6 Å². The molecule has 10 nitrogen and oxygen atoms in total. The van der Waals surface area contributed by atoms with Crippen molar-refractivity contribution in [3.63, 3.8) is 0 Å². The van der Waals surface area contributed by atoms with Crippen molar-refractivity contribution in [2.45, 2.75) is 32.7 Å². The molecular weight excluding hydrogens is 494 g/mol. The Hall–Kier alpha value is -3.73. The lowest BCUT2D eigenvalue weighted by molar-refractivity contribution is 0.0382. The van der Waals surface area contributed by atoms with Crippen LogP contribution in [0.3, 0.4) is 0 Å². The largest absolute Gasteiger partial charge is 0.392 e. The van der Waals surface area contributed by atoms with Gasteiger partial charge in [-0.05, 0) is 25.1 Å². The number of aliphatic hydroxyl groups is 1. The molecule has 0 bridgehead atoms. The molecule has 2 N–H and O–H groups in total. The molecule has 0 unspecified atom stereocenters. The van der Waals surface area contributed by atoms with Gasteiger partial charge in [-0.1, -0.05) is 17.7 Å². The molecule has 37 heavy (non-hydrogen) atoms. The van der Waals surface area contributed by atoms with Gasteiger partial charge in [-0.25, -0.2) is 4.98 Å². The topological polar surface area (TPSA) is 110 Å². The lowest BCUT2D eigenvalue weighted by Gasteiger charge is -2.36. The standard InChI is InChI=1S/C26H28ClN7O3/c1-16-4-5-17(14-35)22(30-16)13-34-19(15-37-3)12-33-11-18(8-23(33)26(34)36)20-9-24(28-10-21(20)27)31-25-6-7-29-32(25)2/h4-11,19,35H,12-15H2,1-3H3,(H,28,31)/t19-/m1/s1. The van der Waals surface area contributed by atoms with Gasteiger partial charge < -0.3 is 24.6 Å². The maximum atomic E-state index is 13.7. The molecule has 1 aliphatic rings. The number of hydrogen-bond donors (Lipinski definition) is 2. The highest BCUT2D eigenvalue weighted by molar-refractivity contribution is 6.33. The van der Waals surface area contributed by atoms with Gasteiger partial charge in [-0.3, -0.25) is 14.5 Å². The number of nitrogens with one attached hydrogen (secondary N) is 1. The minimum Gasteiger partial charge on any atom is -0.392 e. The number of pyridine rings is 2. The van der Waals surface area contributed by atoms with Crippen molar-refractivity contribution in [1.29, 1.82) is 0 Å². The molecule has 0 aliphatic carbocycles. The first kappa shape index (κ1) is 24.9. The number of aryl methyl sites for hydroxylation is 2. The molecule has 5 rings (SSSR count). The number of rotatable bonds is 8. The third kappa shape index (κ3) is 4.95. The fourth-order valence-corrected chi connectivity index (χ4v) is 4.81. The first-order chi connectivity index (χ1) is 17.9. The second-order valence-electron chi connectivity index (χ2n) is 9.04. The fraction of sp³-hybridized carbons (Fsp3) is 0.308. The highest BCUT2D eigenvalue weighted by Gasteiger charge is 2.34. The summed E-state index contributed by atoms with van der Waals surface area (Å²) >= 11 is 6.54. The minimum atomic E-state index is -0.200. The van der Waals surface area contributed by atoms with Crippen LogP contribution in [0.15, 0.2) is 48.9 Å². The minimum absolute atomic E-state index is 0.134. The number of hydrogen-bond acceptors (Lipinski definition) is 7. The second-order valence-corrected chi connectivity index (χ2v) is 9.45. The molecule has 0 aromatic carbocycles. The summed E-state index contributed by atoms with van der Waals surface area (Å²) in [7, 11) is 3.46. The number of carbonyl (C=O) groups is 1. The summed E-state index contributed by atoms with van der Waals surface area (Å²) in [6, 6.07) is 9.06. The first-order valence-electron chi connectivity index (χ1n) is 11.8. The van der Waals surface area contributed by atoms with E-state index in [0.29, 0.717) is 40.9 Å². The first-order valence-corrected chi connectivity index (χ1v) is 12.2. The van der Waals surface area contributed by atoms with Crippen LogP contribution in [0, 0.1) is 6.92 Å². The molecule has 5 heterocycles. The Morgan fingerprint density at radius 1 is 1.27 bits per heavy atom. The smallest absolute Gasteiger partial charge is 0.271 e. The average molecular weight is 522 g/mol.